The van der Waals surface area contributed by atoms with Crippen molar-refractivity contribution in [3.8, 4) is 5.75 Å². The third-order valence-corrected chi connectivity index (χ3v) is 5.60. The van der Waals surface area contributed by atoms with E-state index in [-0.39, 0.29) is 10.8 Å². The molecule has 0 aliphatic carbocycles. The average Bonchev–Trinajstić information content (AvgIpc) is 2.69. The van der Waals surface area contributed by atoms with E-state index in [9.17, 15) is 13.2 Å². The number of carbonyl (C=O) groups is 1. The van der Waals surface area contributed by atoms with Gasteiger partial charge < -0.3 is 10.1 Å². The minimum absolute atomic E-state index is 0.0501. The van der Waals surface area contributed by atoms with Gasteiger partial charge in [-0.15, -0.1) is 0 Å². The second-order valence-electron chi connectivity index (χ2n) is 5.76. The lowest BCUT2D eigenvalue weighted by atomic mass is 10.2. The highest BCUT2D eigenvalue weighted by Crippen LogP contribution is 2.26. The minimum atomic E-state index is -3.81. The molecule has 8 heteroatoms. The zero-order valence-corrected chi connectivity index (χ0v) is 16.4. The van der Waals surface area contributed by atoms with Crippen molar-refractivity contribution in [3.63, 3.8) is 0 Å². The first-order chi connectivity index (χ1) is 13.4. The fourth-order valence-corrected chi connectivity index (χ4v) is 3.79. The highest BCUT2D eigenvalue weighted by Gasteiger charge is 2.17. The molecule has 3 aromatic rings. The van der Waals surface area contributed by atoms with E-state index in [1.807, 2.05) is 0 Å². The van der Waals surface area contributed by atoms with Gasteiger partial charge in [0.05, 0.1) is 28.3 Å². The maximum absolute atomic E-state index is 12.6. The summed E-state index contributed by atoms with van der Waals surface area (Å²) in [5.74, 6) is 0.0306. The van der Waals surface area contributed by atoms with Crippen LogP contribution in [-0.4, -0.2) is 21.4 Å². The van der Waals surface area contributed by atoms with Crippen LogP contribution in [-0.2, 0) is 10.0 Å². The summed E-state index contributed by atoms with van der Waals surface area (Å²) in [6.07, 6.45) is 0. The van der Waals surface area contributed by atoms with E-state index < -0.39 is 10.0 Å². The molecular weight excluding hydrogens is 400 g/mol. The second-order valence-corrected chi connectivity index (χ2v) is 7.85. The summed E-state index contributed by atoms with van der Waals surface area (Å²) < 4.78 is 32.8. The van der Waals surface area contributed by atoms with Gasteiger partial charge >= 0.3 is 0 Å². The van der Waals surface area contributed by atoms with Crippen LogP contribution in [0.4, 0.5) is 11.4 Å². The first kappa shape index (κ1) is 19.7. The number of halogens is 1. The van der Waals surface area contributed by atoms with Gasteiger partial charge in [-0.1, -0.05) is 35.9 Å². The van der Waals surface area contributed by atoms with Gasteiger partial charge in [-0.05, 0) is 48.5 Å². The lowest BCUT2D eigenvalue weighted by molar-refractivity contribution is 0.102. The number of rotatable bonds is 6. The number of para-hydroxylation sites is 2. The van der Waals surface area contributed by atoms with Crippen LogP contribution in [0.25, 0.3) is 0 Å². The number of amides is 1. The molecule has 28 heavy (non-hydrogen) atoms. The number of sulfonamides is 1. The minimum Gasteiger partial charge on any atom is -0.495 e. The molecule has 0 aliphatic rings. The zero-order valence-electron chi connectivity index (χ0n) is 14.8. The van der Waals surface area contributed by atoms with Crippen LogP contribution in [0.1, 0.15) is 10.4 Å². The molecule has 0 aromatic heterocycles. The molecule has 0 fully saturated rings. The van der Waals surface area contributed by atoms with Crippen molar-refractivity contribution in [2.75, 3.05) is 17.1 Å². The second kappa shape index (κ2) is 8.33. The molecule has 2 N–H and O–H groups in total. The van der Waals surface area contributed by atoms with Crippen molar-refractivity contribution in [3.05, 3.63) is 83.4 Å². The fourth-order valence-electron chi connectivity index (χ4n) is 2.49. The molecule has 3 rings (SSSR count). The van der Waals surface area contributed by atoms with Gasteiger partial charge in [-0.25, -0.2) is 8.42 Å². The van der Waals surface area contributed by atoms with Gasteiger partial charge in [0.15, 0.2) is 0 Å². The molecule has 144 valence electrons. The number of hydrogen-bond acceptors (Lipinski definition) is 4. The van der Waals surface area contributed by atoms with E-state index in [1.54, 1.807) is 48.5 Å². The summed E-state index contributed by atoms with van der Waals surface area (Å²) in [6.45, 7) is 0. The summed E-state index contributed by atoms with van der Waals surface area (Å²) in [5, 5.41) is 3.02. The molecule has 3 aromatic carbocycles. The van der Waals surface area contributed by atoms with Crippen molar-refractivity contribution in [1.29, 1.82) is 0 Å². The molecule has 0 aliphatic heterocycles. The first-order valence-corrected chi connectivity index (χ1v) is 10.1. The zero-order chi connectivity index (χ0) is 20.1. The maximum Gasteiger partial charge on any atom is 0.262 e. The number of ether oxygens (including phenoxy) is 1. The third-order valence-electron chi connectivity index (χ3n) is 3.89. The quantitative estimate of drug-likeness (QED) is 0.623. The average molecular weight is 417 g/mol. The van der Waals surface area contributed by atoms with Crippen molar-refractivity contribution in [2.45, 2.75) is 4.90 Å². The van der Waals surface area contributed by atoms with Crippen LogP contribution in [0.5, 0.6) is 5.75 Å². The predicted octanol–water partition coefficient (Wildman–Crippen LogP) is 4.40. The summed E-state index contributed by atoms with van der Waals surface area (Å²) in [7, 11) is -2.35. The Morgan fingerprint density at radius 2 is 1.57 bits per heavy atom. The van der Waals surface area contributed by atoms with Crippen molar-refractivity contribution < 1.29 is 17.9 Å². The number of carbonyl (C=O) groups excluding carboxylic acids is 1. The molecule has 0 saturated carbocycles. The summed E-state index contributed by atoms with van der Waals surface area (Å²) >= 11 is 6.01. The predicted molar refractivity (Wildman–Crippen MR) is 110 cm³/mol. The first-order valence-electron chi connectivity index (χ1n) is 8.22. The maximum atomic E-state index is 12.6. The Morgan fingerprint density at radius 1 is 0.929 bits per heavy atom. The third kappa shape index (κ3) is 4.44. The largest absolute Gasteiger partial charge is 0.495 e. The molecule has 0 unspecified atom stereocenters. The molecule has 0 saturated heterocycles. The molecule has 0 atom stereocenters. The molecule has 0 heterocycles. The lowest BCUT2D eigenvalue weighted by Gasteiger charge is -2.12. The Hall–Kier alpha value is -3.03. The van der Waals surface area contributed by atoms with Gasteiger partial charge in [-0.3, -0.25) is 9.52 Å². The number of benzene rings is 3. The Balaban J connectivity index is 1.76. The normalized spacial score (nSPS) is 10.9. The highest BCUT2D eigenvalue weighted by atomic mass is 35.5. The fraction of sp³-hybridized carbons (Fsp3) is 0.0500. The molecule has 0 radical (unpaired) electrons. The van der Waals surface area contributed by atoms with Crippen LogP contribution in [0.2, 0.25) is 5.02 Å². The summed E-state index contributed by atoms with van der Waals surface area (Å²) in [6, 6.07) is 19.2. The van der Waals surface area contributed by atoms with E-state index in [0.29, 0.717) is 27.7 Å². The SMILES string of the molecule is COc1ccccc1NS(=O)(=O)c1ccc(NC(=O)c2ccccc2Cl)cc1. The Kier molecular flexibility index (Phi) is 5.87. The van der Waals surface area contributed by atoms with Gasteiger partial charge in [0.1, 0.15) is 5.75 Å². The Bertz CT molecular complexity index is 1100. The number of hydrogen-bond donors (Lipinski definition) is 2. The van der Waals surface area contributed by atoms with Crippen molar-refractivity contribution in [2.24, 2.45) is 0 Å². The van der Waals surface area contributed by atoms with Gasteiger partial charge in [0, 0.05) is 5.69 Å². The highest BCUT2D eigenvalue weighted by molar-refractivity contribution is 7.92. The van der Waals surface area contributed by atoms with Gasteiger partial charge in [-0.2, -0.15) is 0 Å². The Morgan fingerprint density at radius 3 is 2.25 bits per heavy atom. The van der Waals surface area contributed by atoms with Crippen molar-refractivity contribution >= 4 is 38.9 Å². The van der Waals surface area contributed by atoms with E-state index in [2.05, 4.69) is 10.0 Å². The van der Waals surface area contributed by atoms with E-state index >= 15 is 0 Å². The van der Waals surface area contributed by atoms with Gasteiger partial charge in [0.2, 0.25) is 0 Å². The molecule has 1 amide bonds. The molecule has 6 nitrogen and oxygen atoms in total. The summed E-state index contributed by atoms with van der Waals surface area (Å²) in [5.41, 5.74) is 1.11. The van der Waals surface area contributed by atoms with Crippen LogP contribution >= 0.6 is 11.6 Å². The van der Waals surface area contributed by atoms with E-state index in [1.165, 1.54) is 31.4 Å². The van der Waals surface area contributed by atoms with E-state index in [0.717, 1.165) is 0 Å². The van der Waals surface area contributed by atoms with Crippen LogP contribution in [0, 0.1) is 0 Å². The monoisotopic (exact) mass is 416 g/mol. The molecule has 0 bridgehead atoms. The van der Waals surface area contributed by atoms with Crippen molar-refractivity contribution in [1.82, 2.24) is 0 Å². The van der Waals surface area contributed by atoms with Crippen LogP contribution in [0.3, 0.4) is 0 Å². The number of nitrogens with one attached hydrogen (secondary N) is 2. The lowest BCUT2D eigenvalue weighted by Crippen LogP contribution is -2.14. The molecular formula is C20H17ClN2O4S. The van der Waals surface area contributed by atoms with Crippen LogP contribution in [0.15, 0.2) is 77.7 Å². The van der Waals surface area contributed by atoms with Gasteiger partial charge in [0.25, 0.3) is 15.9 Å². The molecule has 0 spiro atoms. The standard InChI is InChI=1S/C20H17ClN2O4S/c1-27-19-9-5-4-8-18(19)23-28(25,26)15-12-10-14(11-13-15)22-20(24)16-6-2-3-7-17(16)21/h2-13,23H,1H3,(H,22,24). The van der Waals surface area contributed by atoms with E-state index in [4.69, 9.17) is 16.3 Å². The number of anilines is 2. The summed E-state index contributed by atoms with van der Waals surface area (Å²) in [4.78, 5) is 12.3. The Labute approximate surface area is 168 Å². The van der Waals surface area contributed by atoms with Crippen LogP contribution < -0.4 is 14.8 Å². The smallest absolute Gasteiger partial charge is 0.262 e. The number of methoxy groups -OCH3 is 1. The topological polar surface area (TPSA) is 84.5 Å².